The number of carbonyl (C=O) groups excluding carboxylic acids is 1. The third-order valence-corrected chi connectivity index (χ3v) is 3.24. The Hall–Kier alpha value is -2.16. The van der Waals surface area contributed by atoms with Crippen molar-refractivity contribution in [2.75, 3.05) is 0 Å². The summed E-state index contributed by atoms with van der Waals surface area (Å²) in [4.78, 5) is 16.0. The van der Waals surface area contributed by atoms with Gasteiger partial charge in [0.05, 0.1) is 0 Å². The number of nitrogens with one attached hydrogen (secondary N) is 1. The summed E-state index contributed by atoms with van der Waals surface area (Å²) < 4.78 is 0. The van der Waals surface area contributed by atoms with Gasteiger partial charge < -0.3 is 5.32 Å². The molecule has 0 saturated heterocycles. The van der Waals surface area contributed by atoms with Crippen LogP contribution in [0.15, 0.2) is 30.3 Å². The summed E-state index contributed by atoms with van der Waals surface area (Å²) in [5, 5.41) is 2.87. The number of aryl methyl sites for hydroxylation is 2. The number of rotatable bonds is 1. The quantitative estimate of drug-likeness (QED) is 0.829. The van der Waals surface area contributed by atoms with E-state index in [4.69, 9.17) is 0 Å². The van der Waals surface area contributed by atoms with Crippen LogP contribution in [-0.2, 0) is 6.54 Å². The molecule has 2 heterocycles. The average molecular weight is 238 g/mol. The number of fused-ring (bicyclic) bond motifs is 1. The van der Waals surface area contributed by atoms with E-state index in [1.807, 2.05) is 26.0 Å². The zero-order valence-corrected chi connectivity index (χ0v) is 10.4. The Bertz CT molecular complexity index is 627. The summed E-state index contributed by atoms with van der Waals surface area (Å²) in [6.07, 6.45) is 0. The predicted molar refractivity (Wildman–Crippen MR) is 70.3 cm³/mol. The lowest BCUT2D eigenvalue weighted by atomic mass is 9.96. The standard InChI is InChI=1S/C15H14N2O/c1-9-6-11(7-10(2)17-9)12-4-3-5-13-14(12)8-16-15(13)18/h3-7H,8H2,1-2H3,(H,16,18). The van der Waals surface area contributed by atoms with Crippen molar-refractivity contribution >= 4 is 5.91 Å². The molecule has 0 radical (unpaired) electrons. The van der Waals surface area contributed by atoms with Crippen molar-refractivity contribution in [2.45, 2.75) is 20.4 Å². The van der Waals surface area contributed by atoms with E-state index in [9.17, 15) is 4.79 Å². The number of pyridine rings is 1. The zero-order chi connectivity index (χ0) is 12.7. The molecule has 0 bridgehead atoms. The maximum atomic E-state index is 11.7. The van der Waals surface area contributed by atoms with E-state index in [1.54, 1.807) is 0 Å². The molecule has 0 fully saturated rings. The number of hydrogen-bond acceptors (Lipinski definition) is 2. The number of benzene rings is 1. The summed E-state index contributed by atoms with van der Waals surface area (Å²) in [5.41, 5.74) is 6.14. The Kier molecular flexibility index (Phi) is 2.40. The van der Waals surface area contributed by atoms with E-state index < -0.39 is 0 Å². The van der Waals surface area contributed by atoms with Crippen LogP contribution in [0.4, 0.5) is 0 Å². The van der Waals surface area contributed by atoms with Crippen LogP contribution in [0.5, 0.6) is 0 Å². The van der Waals surface area contributed by atoms with E-state index in [0.29, 0.717) is 6.54 Å². The minimum absolute atomic E-state index is 0.0225. The average Bonchev–Trinajstić information content (AvgIpc) is 2.70. The fourth-order valence-corrected chi connectivity index (χ4v) is 2.51. The van der Waals surface area contributed by atoms with Crippen molar-refractivity contribution in [3.8, 4) is 11.1 Å². The molecular formula is C15H14N2O. The lowest BCUT2D eigenvalue weighted by Crippen LogP contribution is -2.12. The molecule has 1 amide bonds. The Morgan fingerprint density at radius 3 is 2.50 bits per heavy atom. The van der Waals surface area contributed by atoms with E-state index in [1.165, 1.54) is 0 Å². The van der Waals surface area contributed by atoms with Crippen LogP contribution in [0.3, 0.4) is 0 Å². The van der Waals surface area contributed by atoms with Crippen LogP contribution in [-0.4, -0.2) is 10.9 Å². The van der Waals surface area contributed by atoms with Gasteiger partial charge in [-0.25, -0.2) is 0 Å². The van der Waals surface area contributed by atoms with Crippen molar-refractivity contribution in [1.82, 2.24) is 10.3 Å². The van der Waals surface area contributed by atoms with Crippen LogP contribution in [0.1, 0.15) is 27.3 Å². The number of amides is 1. The monoisotopic (exact) mass is 238 g/mol. The maximum absolute atomic E-state index is 11.7. The molecule has 1 aliphatic heterocycles. The first-order chi connectivity index (χ1) is 8.65. The van der Waals surface area contributed by atoms with Gasteiger partial charge in [-0.1, -0.05) is 12.1 Å². The van der Waals surface area contributed by atoms with Crippen molar-refractivity contribution < 1.29 is 4.79 Å². The highest BCUT2D eigenvalue weighted by atomic mass is 16.1. The molecule has 3 heteroatoms. The highest BCUT2D eigenvalue weighted by Gasteiger charge is 2.21. The third kappa shape index (κ3) is 1.68. The van der Waals surface area contributed by atoms with Crippen LogP contribution in [0.2, 0.25) is 0 Å². The molecule has 2 aromatic rings. The fraction of sp³-hybridized carbons (Fsp3) is 0.200. The smallest absolute Gasteiger partial charge is 0.251 e. The first-order valence-electron chi connectivity index (χ1n) is 6.01. The zero-order valence-electron chi connectivity index (χ0n) is 10.4. The van der Waals surface area contributed by atoms with Gasteiger partial charge in [-0.05, 0) is 48.7 Å². The number of aromatic nitrogens is 1. The summed E-state index contributed by atoms with van der Waals surface area (Å²) in [6.45, 7) is 4.59. The highest BCUT2D eigenvalue weighted by Crippen LogP contribution is 2.29. The van der Waals surface area contributed by atoms with Crippen molar-refractivity contribution in [1.29, 1.82) is 0 Å². The molecule has 0 aliphatic carbocycles. The van der Waals surface area contributed by atoms with Gasteiger partial charge in [0.1, 0.15) is 0 Å². The second-order valence-electron chi connectivity index (χ2n) is 4.65. The normalized spacial score (nSPS) is 13.3. The molecule has 90 valence electrons. The van der Waals surface area contributed by atoms with E-state index in [-0.39, 0.29) is 5.91 Å². The summed E-state index contributed by atoms with van der Waals surface area (Å²) >= 11 is 0. The van der Waals surface area contributed by atoms with Gasteiger partial charge in [0.25, 0.3) is 5.91 Å². The molecule has 0 unspecified atom stereocenters. The topological polar surface area (TPSA) is 42.0 Å². The highest BCUT2D eigenvalue weighted by molar-refractivity contribution is 6.00. The lowest BCUT2D eigenvalue weighted by molar-refractivity contribution is 0.0966. The van der Waals surface area contributed by atoms with Gasteiger partial charge in [-0.2, -0.15) is 0 Å². The molecule has 0 atom stereocenters. The van der Waals surface area contributed by atoms with E-state index in [2.05, 4.69) is 28.5 Å². The molecule has 18 heavy (non-hydrogen) atoms. The van der Waals surface area contributed by atoms with Gasteiger partial charge in [-0.3, -0.25) is 9.78 Å². The molecule has 1 N–H and O–H groups in total. The second kappa shape index (κ2) is 3.95. The van der Waals surface area contributed by atoms with E-state index >= 15 is 0 Å². The second-order valence-corrected chi connectivity index (χ2v) is 4.65. The first kappa shape index (κ1) is 11.0. The van der Waals surface area contributed by atoms with Gasteiger partial charge in [0.15, 0.2) is 0 Å². The number of hydrogen-bond donors (Lipinski definition) is 1. The predicted octanol–water partition coefficient (Wildman–Crippen LogP) is 2.61. The molecule has 0 saturated carbocycles. The summed E-state index contributed by atoms with van der Waals surface area (Å²) in [5.74, 6) is 0.0225. The minimum atomic E-state index is 0.0225. The van der Waals surface area contributed by atoms with Crippen molar-refractivity contribution in [2.24, 2.45) is 0 Å². The molecule has 1 aromatic heterocycles. The molecule has 3 rings (SSSR count). The van der Waals surface area contributed by atoms with Crippen molar-refractivity contribution in [3.05, 3.63) is 52.8 Å². The van der Waals surface area contributed by atoms with Gasteiger partial charge in [-0.15, -0.1) is 0 Å². The van der Waals surface area contributed by atoms with Gasteiger partial charge in [0, 0.05) is 23.5 Å². The van der Waals surface area contributed by atoms with Gasteiger partial charge in [0.2, 0.25) is 0 Å². The van der Waals surface area contributed by atoms with Crippen LogP contribution in [0, 0.1) is 13.8 Å². The summed E-state index contributed by atoms with van der Waals surface area (Å²) in [6, 6.07) is 10.00. The Morgan fingerprint density at radius 2 is 1.78 bits per heavy atom. The van der Waals surface area contributed by atoms with Gasteiger partial charge >= 0.3 is 0 Å². The Balaban J connectivity index is 2.21. The largest absolute Gasteiger partial charge is 0.348 e. The first-order valence-corrected chi connectivity index (χ1v) is 6.01. The molecule has 3 nitrogen and oxygen atoms in total. The molecule has 0 spiro atoms. The molecular weight excluding hydrogens is 224 g/mol. The summed E-state index contributed by atoms with van der Waals surface area (Å²) in [7, 11) is 0. The SMILES string of the molecule is Cc1cc(-c2cccc3c2CNC3=O)cc(C)n1. The van der Waals surface area contributed by atoms with E-state index in [0.717, 1.165) is 33.6 Å². The Labute approximate surface area is 106 Å². The number of carbonyl (C=O) groups is 1. The molecule has 1 aromatic carbocycles. The Morgan fingerprint density at radius 1 is 1.11 bits per heavy atom. The molecule has 1 aliphatic rings. The number of nitrogens with zero attached hydrogens (tertiary/aromatic N) is 1. The minimum Gasteiger partial charge on any atom is -0.348 e. The lowest BCUT2D eigenvalue weighted by Gasteiger charge is -2.08. The van der Waals surface area contributed by atoms with Crippen LogP contribution in [0.25, 0.3) is 11.1 Å². The fourth-order valence-electron chi connectivity index (χ4n) is 2.51. The van der Waals surface area contributed by atoms with Crippen LogP contribution < -0.4 is 5.32 Å². The van der Waals surface area contributed by atoms with Crippen molar-refractivity contribution in [3.63, 3.8) is 0 Å². The van der Waals surface area contributed by atoms with Crippen LogP contribution >= 0.6 is 0 Å². The third-order valence-electron chi connectivity index (χ3n) is 3.24. The maximum Gasteiger partial charge on any atom is 0.251 e.